The molecule has 0 bridgehead atoms. The van der Waals surface area contributed by atoms with Crippen molar-refractivity contribution in [2.75, 3.05) is 19.7 Å². The van der Waals surface area contributed by atoms with Gasteiger partial charge < -0.3 is 10.1 Å². The molecule has 1 aliphatic rings. The standard InChI is InChI=1S/C14H28N2OS/c1-11(2)9-13-10-16-14(18-13)15-7-5-6-8-17-12(3)4/h11-13H,5-10H2,1-4H3,(H,15,16). The second kappa shape index (κ2) is 8.81. The van der Waals surface area contributed by atoms with E-state index in [1.54, 1.807) is 0 Å². The summed E-state index contributed by atoms with van der Waals surface area (Å²) < 4.78 is 5.51. The SMILES string of the molecule is CC(C)CC1CN=C(NCCCCOC(C)C)S1. The smallest absolute Gasteiger partial charge is 0.156 e. The molecule has 0 aliphatic carbocycles. The highest BCUT2D eigenvalue weighted by Gasteiger charge is 2.19. The molecule has 0 aromatic carbocycles. The Balaban J connectivity index is 1.97. The monoisotopic (exact) mass is 272 g/mol. The van der Waals surface area contributed by atoms with Gasteiger partial charge in [-0.3, -0.25) is 4.99 Å². The number of nitrogens with one attached hydrogen (secondary N) is 1. The molecule has 0 amide bonds. The number of amidine groups is 1. The van der Waals surface area contributed by atoms with Crippen LogP contribution in [0.15, 0.2) is 4.99 Å². The molecule has 3 nitrogen and oxygen atoms in total. The van der Waals surface area contributed by atoms with E-state index in [1.165, 1.54) is 6.42 Å². The molecule has 0 radical (unpaired) electrons. The van der Waals surface area contributed by atoms with E-state index in [2.05, 4.69) is 38.0 Å². The molecule has 0 spiro atoms. The fourth-order valence-corrected chi connectivity index (χ4v) is 3.18. The Hall–Kier alpha value is -0.220. The molecule has 1 unspecified atom stereocenters. The van der Waals surface area contributed by atoms with Gasteiger partial charge in [-0.2, -0.15) is 0 Å². The fourth-order valence-electron chi connectivity index (χ4n) is 1.90. The number of rotatable bonds is 8. The van der Waals surface area contributed by atoms with E-state index >= 15 is 0 Å². The fraction of sp³-hybridized carbons (Fsp3) is 0.929. The minimum absolute atomic E-state index is 0.351. The summed E-state index contributed by atoms with van der Waals surface area (Å²) in [5.41, 5.74) is 0. The Morgan fingerprint density at radius 1 is 1.33 bits per heavy atom. The predicted octanol–water partition coefficient (Wildman–Crippen LogP) is 3.30. The van der Waals surface area contributed by atoms with Crippen LogP contribution in [-0.4, -0.2) is 36.2 Å². The molecule has 4 heteroatoms. The Morgan fingerprint density at radius 2 is 2.11 bits per heavy atom. The summed E-state index contributed by atoms with van der Waals surface area (Å²) in [6.45, 7) is 11.6. The quantitative estimate of drug-likeness (QED) is 0.688. The Labute approximate surface area is 116 Å². The van der Waals surface area contributed by atoms with Gasteiger partial charge in [0.15, 0.2) is 5.17 Å². The maximum atomic E-state index is 5.51. The summed E-state index contributed by atoms with van der Waals surface area (Å²) >= 11 is 1.92. The van der Waals surface area contributed by atoms with Crippen molar-refractivity contribution in [3.63, 3.8) is 0 Å². The second-order valence-electron chi connectivity index (χ2n) is 5.57. The largest absolute Gasteiger partial charge is 0.379 e. The van der Waals surface area contributed by atoms with Gasteiger partial charge in [0.25, 0.3) is 0 Å². The summed E-state index contributed by atoms with van der Waals surface area (Å²) in [6, 6.07) is 0. The minimum Gasteiger partial charge on any atom is -0.379 e. The zero-order chi connectivity index (χ0) is 13.4. The van der Waals surface area contributed by atoms with Crippen LogP contribution in [0.25, 0.3) is 0 Å². The lowest BCUT2D eigenvalue weighted by Crippen LogP contribution is -2.21. The Morgan fingerprint density at radius 3 is 2.78 bits per heavy atom. The van der Waals surface area contributed by atoms with Crippen molar-refractivity contribution in [3.8, 4) is 0 Å². The molecule has 0 saturated heterocycles. The first-order chi connectivity index (χ1) is 8.58. The Bertz CT molecular complexity index is 254. The Kier molecular flexibility index (Phi) is 7.75. The van der Waals surface area contributed by atoms with Gasteiger partial charge in [0.2, 0.25) is 0 Å². The van der Waals surface area contributed by atoms with Gasteiger partial charge in [-0.15, -0.1) is 0 Å². The van der Waals surface area contributed by atoms with Crippen LogP contribution in [-0.2, 0) is 4.74 Å². The van der Waals surface area contributed by atoms with Gasteiger partial charge in [-0.05, 0) is 39.0 Å². The molecule has 1 N–H and O–H groups in total. The van der Waals surface area contributed by atoms with E-state index in [1.807, 2.05) is 11.8 Å². The van der Waals surface area contributed by atoms with Crippen molar-refractivity contribution in [2.24, 2.45) is 10.9 Å². The maximum Gasteiger partial charge on any atom is 0.156 e. The molecule has 1 heterocycles. The zero-order valence-corrected chi connectivity index (χ0v) is 13.1. The number of ether oxygens (including phenoxy) is 1. The van der Waals surface area contributed by atoms with Crippen LogP contribution in [0.4, 0.5) is 0 Å². The number of thioether (sulfide) groups is 1. The number of unbranched alkanes of at least 4 members (excludes halogenated alkanes) is 1. The summed E-state index contributed by atoms with van der Waals surface area (Å²) in [5.74, 6) is 0.769. The van der Waals surface area contributed by atoms with Crippen LogP contribution < -0.4 is 5.32 Å². The molecular weight excluding hydrogens is 244 g/mol. The maximum absolute atomic E-state index is 5.51. The van der Waals surface area contributed by atoms with Gasteiger partial charge in [0.05, 0.1) is 12.6 Å². The first-order valence-corrected chi connectivity index (χ1v) is 8.02. The number of nitrogens with zero attached hydrogens (tertiary/aromatic N) is 1. The first kappa shape index (κ1) is 15.8. The third-order valence-corrected chi connectivity index (χ3v) is 3.92. The summed E-state index contributed by atoms with van der Waals surface area (Å²) in [6.07, 6.45) is 3.89. The van der Waals surface area contributed by atoms with E-state index in [0.29, 0.717) is 11.4 Å². The van der Waals surface area contributed by atoms with Crippen LogP contribution >= 0.6 is 11.8 Å². The summed E-state index contributed by atoms with van der Waals surface area (Å²) in [5, 5.41) is 5.27. The van der Waals surface area contributed by atoms with E-state index in [0.717, 1.165) is 43.6 Å². The second-order valence-corrected chi connectivity index (χ2v) is 6.86. The zero-order valence-electron chi connectivity index (χ0n) is 12.2. The molecule has 1 rings (SSSR count). The third kappa shape index (κ3) is 7.27. The van der Waals surface area contributed by atoms with E-state index < -0.39 is 0 Å². The normalized spacial score (nSPS) is 19.7. The number of hydrogen-bond acceptors (Lipinski definition) is 4. The highest BCUT2D eigenvalue weighted by Crippen LogP contribution is 2.25. The van der Waals surface area contributed by atoms with Gasteiger partial charge >= 0.3 is 0 Å². The molecule has 0 aromatic rings. The summed E-state index contributed by atoms with van der Waals surface area (Å²) in [7, 11) is 0. The number of aliphatic imine (C=N–C) groups is 1. The van der Waals surface area contributed by atoms with Crippen LogP contribution in [0.5, 0.6) is 0 Å². The van der Waals surface area contributed by atoms with E-state index in [9.17, 15) is 0 Å². The molecule has 1 aliphatic heterocycles. The lowest BCUT2D eigenvalue weighted by molar-refractivity contribution is 0.0762. The van der Waals surface area contributed by atoms with Crippen LogP contribution in [0.3, 0.4) is 0 Å². The molecular formula is C14H28N2OS. The number of hydrogen-bond donors (Lipinski definition) is 1. The minimum atomic E-state index is 0.351. The summed E-state index contributed by atoms with van der Waals surface area (Å²) in [4.78, 5) is 4.55. The average molecular weight is 272 g/mol. The highest BCUT2D eigenvalue weighted by molar-refractivity contribution is 8.14. The van der Waals surface area contributed by atoms with Gasteiger partial charge in [-0.1, -0.05) is 25.6 Å². The molecule has 18 heavy (non-hydrogen) atoms. The highest BCUT2D eigenvalue weighted by atomic mass is 32.2. The topological polar surface area (TPSA) is 33.6 Å². The molecule has 0 saturated carbocycles. The van der Waals surface area contributed by atoms with Crippen LogP contribution in [0, 0.1) is 5.92 Å². The molecule has 0 aromatic heterocycles. The molecule has 0 fully saturated rings. The van der Waals surface area contributed by atoms with Crippen molar-refractivity contribution in [1.82, 2.24) is 5.32 Å². The van der Waals surface area contributed by atoms with Crippen molar-refractivity contribution in [2.45, 2.75) is 58.3 Å². The van der Waals surface area contributed by atoms with E-state index in [-0.39, 0.29) is 0 Å². The average Bonchev–Trinajstić information content (AvgIpc) is 2.69. The van der Waals surface area contributed by atoms with Crippen molar-refractivity contribution in [1.29, 1.82) is 0 Å². The lowest BCUT2D eigenvalue weighted by atomic mass is 10.1. The van der Waals surface area contributed by atoms with Crippen LogP contribution in [0.2, 0.25) is 0 Å². The third-order valence-electron chi connectivity index (χ3n) is 2.75. The van der Waals surface area contributed by atoms with Crippen molar-refractivity contribution >= 4 is 16.9 Å². The lowest BCUT2D eigenvalue weighted by Gasteiger charge is -2.11. The first-order valence-electron chi connectivity index (χ1n) is 7.14. The molecule has 106 valence electrons. The van der Waals surface area contributed by atoms with Crippen molar-refractivity contribution < 1.29 is 4.74 Å². The van der Waals surface area contributed by atoms with Crippen LogP contribution in [0.1, 0.15) is 47.0 Å². The van der Waals surface area contributed by atoms with Crippen molar-refractivity contribution in [3.05, 3.63) is 0 Å². The van der Waals surface area contributed by atoms with Gasteiger partial charge in [0.1, 0.15) is 0 Å². The molecule has 1 atom stereocenters. The van der Waals surface area contributed by atoms with E-state index in [4.69, 9.17) is 4.74 Å². The van der Waals surface area contributed by atoms with Gasteiger partial charge in [-0.25, -0.2) is 0 Å². The predicted molar refractivity (Wildman–Crippen MR) is 81.5 cm³/mol. The van der Waals surface area contributed by atoms with Gasteiger partial charge in [0, 0.05) is 18.4 Å².